The van der Waals surface area contributed by atoms with Crippen molar-refractivity contribution < 1.29 is 14.7 Å². The Morgan fingerprint density at radius 3 is 1.83 bits per heavy atom. The summed E-state index contributed by atoms with van der Waals surface area (Å²) in [6.07, 6.45) is -0.549. The number of carboxylic acids is 1. The van der Waals surface area contributed by atoms with E-state index in [4.69, 9.17) is 50.4 Å². The lowest BCUT2D eigenvalue weighted by Gasteiger charge is -2.07. The van der Waals surface area contributed by atoms with Crippen molar-refractivity contribution in [3.63, 3.8) is 0 Å². The second-order valence-electron chi connectivity index (χ2n) is 1.90. The van der Waals surface area contributed by atoms with E-state index in [2.05, 4.69) is 0 Å². The number of rotatable bonds is 4. The summed E-state index contributed by atoms with van der Waals surface area (Å²) >= 11 is 21.3. The summed E-state index contributed by atoms with van der Waals surface area (Å²) in [7, 11) is 0. The highest BCUT2D eigenvalue weighted by Crippen LogP contribution is 2.78. The zero-order chi connectivity index (χ0) is 9.94. The number of carbonyl (C=O) groups is 2. The Morgan fingerprint density at radius 1 is 1.33 bits per heavy atom. The molecule has 0 aliphatic heterocycles. The topological polar surface area (TPSA) is 54.4 Å². The third-order valence-electron chi connectivity index (χ3n) is 0.983. The zero-order valence-electron chi connectivity index (χ0n) is 5.51. The first-order valence-corrected chi connectivity index (χ1v) is 7.59. The van der Waals surface area contributed by atoms with Gasteiger partial charge < -0.3 is 5.11 Å². The van der Waals surface area contributed by atoms with Crippen molar-refractivity contribution in [2.24, 2.45) is 0 Å². The van der Waals surface area contributed by atoms with Crippen LogP contribution in [0.15, 0.2) is 0 Å². The molecule has 0 amide bonds. The van der Waals surface area contributed by atoms with E-state index in [1.807, 2.05) is 0 Å². The Kier molecular flexibility index (Phi) is 5.12. The molecule has 0 aromatic heterocycles. The quantitative estimate of drug-likeness (QED) is 0.632. The van der Waals surface area contributed by atoms with Gasteiger partial charge in [-0.15, -0.1) is 0 Å². The highest BCUT2D eigenvalue weighted by atomic mass is 36.1. The van der Waals surface area contributed by atoms with E-state index in [-0.39, 0.29) is 0 Å². The summed E-state index contributed by atoms with van der Waals surface area (Å²) in [5.74, 6) is -1.22. The van der Waals surface area contributed by atoms with Crippen molar-refractivity contribution in [2.75, 3.05) is 0 Å². The number of aliphatic carboxylic acids is 1. The highest BCUT2D eigenvalue weighted by Gasteiger charge is 2.49. The van der Waals surface area contributed by atoms with Gasteiger partial charge in [0.25, 0.3) is 5.24 Å². The van der Waals surface area contributed by atoms with Gasteiger partial charge in [0.15, 0.2) is 0 Å². The molecule has 8 heteroatoms. The summed E-state index contributed by atoms with van der Waals surface area (Å²) in [6.45, 7) is 0. The average Bonchev–Trinajstić information content (AvgIpc) is 1.79. The molecule has 0 aromatic rings. The Balaban J connectivity index is 4.46. The number of carbonyl (C=O) groups excluding carboxylic acids is 1. The fourth-order valence-corrected chi connectivity index (χ4v) is 3.44. The summed E-state index contributed by atoms with van der Waals surface area (Å²) in [5, 5.41) is 4.32. The molecule has 0 saturated heterocycles. The van der Waals surface area contributed by atoms with E-state index in [1.165, 1.54) is 0 Å². The monoisotopic (exact) mass is 271 g/mol. The highest BCUT2D eigenvalue weighted by molar-refractivity contribution is 8.33. The second kappa shape index (κ2) is 4.83. The second-order valence-corrected chi connectivity index (χ2v) is 10.2. The maximum absolute atomic E-state index is 10.6. The molecule has 0 spiro atoms. The van der Waals surface area contributed by atoms with Crippen LogP contribution in [0.25, 0.3) is 0 Å². The van der Waals surface area contributed by atoms with E-state index in [0.717, 1.165) is 0 Å². The van der Waals surface area contributed by atoms with Gasteiger partial charge in [-0.3, -0.25) is 9.59 Å². The lowest BCUT2D eigenvalue weighted by Crippen LogP contribution is -2.17. The maximum atomic E-state index is 10.6. The van der Waals surface area contributed by atoms with Gasteiger partial charge in [-0.05, 0) is 11.6 Å². The predicted molar refractivity (Wildman–Crippen MR) is 51.4 cm³/mol. The van der Waals surface area contributed by atoms with E-state index in [1.54, 1.807) is 0 Å². The van der Waals surface area contributed by atoms with Crippen LogP contribution < -0.4 is 0 Å². The van der Waals surface area contributed by atoms with Gasteiger partial charge in [-0.1, -0.05) is 0 Å². The first-order chi connectivity index (χ1) is 5.25. The fraction of sp³-hybridized carbons (Fsp3) is 0.500. The zero-order valence-corrected chi connectivity index (χ0v) is 9.43. The van der Waals surface area contributed by atoms with Gasteiger partial charge in [-0.2, -0.15) is 0 Å². The Bertz CT molecular complexity index is 201. The van der Waals surface area contributed by atoms with Crippen molar-refractivity contribution in [3.8, 4) is 0 Å². The third-order valence-corrected chi connectivity index (χ3v) is 4.64. The molecule has 12 heavy (non-hydrogen) atoms. The lowest BCUT2D eigenvalue weighted by molar-refractivity contribution is -0.137. The summed E-state index contributed by atoms with van der Waals surface area (Å²) in [6, 6.07) is 0. The first kappa shape index (κ1) is 12.7. The molecule has 0 aliphatic rings. The van der Waals surface area contributed by atoms with Crippen molar-refractivity contribution in [3.05, 3.63) is 0 Å². The van der Waals surface area contributed by atoms with E-state index < -0.39 is 28.6 Å². The molecule has 0 bridgehead atoms. The van der Waals surface area contributed by atoms with E-state index >= 15 is 0 Å². The standard InChI is InChI=1S/C4H3Cl4O3P/c5-4(11)2(1-3(9)10)12(6,7)8/h2H,1H2/p+1. The minimum absolute atomic E-state index is 0.549. The lowest BCUT2D eigenvalue weighted by atomic mass is 10.3. The van der Waals surface area contributed by atoms with E-state index in [0.29, 0.717) is 0 Å². The molecular formula is C4H4Cl4O3P+. The van der Waals surface area contributed by atoms with Gasteiger partial charge in [-0.25, -0.2) is 0 Å². The van der Waals surface area contributed by atoms with Crippen molar-refractivity contribution in [1.82, 2.24) is 0 Å². The van der Waals surface area contributed by atoms with Gasteiger partial charge in [0, 0.05) is 0 Å². The smallest absolute Gasteiger partial charge is 0.319 e. The maximum Gasteiger partial charge on any atom is 0.319 e. The molecule has 1 unspecified atom stereocenters. The molecule has 0 rings (SSSR count). The third kappa shape index (κ3) is 4.68. The number of hydrogen-bond donors (Lipinski definition) is 1. The summed E-state index contributed by atoms with van der Waals surface area (Å²) in [5.41, 5.74) is -1.21. The van der Waals surface area contributed by atoms with Crippen LogP contribution in [0, 0.1) is 0 Å². The Labute approximate surface area is 88.6 Å². The minimum Gasteiger partial charge on any atom is -0.481 e. The molecule has 3 nitrogen and oxygen atoms in total. The van der Waals surface area contributed by atoms with Gasteiger partial charge in [0.2, 0.25) is 5.66 Å². The molecule has 0 fully saturated rings. The number of hydrogen-bond acceptors (Lipinski definition) is 2. The fourth-order valence-electron chi connectivity index (χ4n) is 0.464. The molecule has 1 atom stereocenters. The van der Waals surface area contributed by atoms with Crippen LogP contribution >= 0.6 is 50.6 Å². The molecular weight excluding hydrogens is 269 g/mol. The van der Waals surface area contributed by atoms with Crippen LogP contribution in [0.3, 0.4) is 0 Å². The summed E-state index contributed by atoms with van der Waals surface area (Å²) < 4.78 is 0. The molecule has 0 heterocycles. The molecule has 70 valence electrons. The molecule has 0 aromatic carbocycles. The first-order valence-electron chi connectivity index (χ1n) is 2.64. The Hall–Kier alpha value is 0.730. The average molecular weight is 273 g/mol. The molecule has 0 saturated carbocycles. The van der Waals surface area contributed by atoms with Crippen LogP contribution in [-0.2, 0) is 9.59 Å². The SMILES string of the molecule is O=C(O)CC(C(=O)Cl)[P+](Cl)(Cl)Cl. The van der Waals surface area contributed by atoms with Crippen molar-refractivity contribution in [2.45, 2.75) is 12.1 Å². The van der Waals surface area contributed by atoms with Crippen LogP contribution in [0.5, 0.6) is 0 Å². The minimum atomic E-state index is -3.08. The van der Waals surface area contributed by atoms with Crippen LogP contribution in [0.2, 0.25) is 0 Å². The summed E-state index contributed by atoms with van der Waals surface area (Å²) in [4.78, 5) is 20.8. The number of halogens is 4. The predicted octanol–water partition coefficient (Wildman–Crippen LogP) is 3.07. The van der Waals surface area contributed by atoms with Gasteiger partial charge in [0.05, 0.1) is 6.42 Å². The molecule has 0 radical (unpaired) electrons. The van der Waals surface area contributed by atoms with Crippen molar-refractivity contribution >= 4 is 61.9 Å². The van der Waals surface area contributed by atoms with Crippen LogP contribution in [0.1, 0.15) is 6.42 Å². The Morgan fingerprint density at radius 2 is 1.75 bits per heavy atom. The van der Waals surface area contributed by atoms with Gasteiger partial charge >= 0.3 is 11.3 Å². The molecule has 1 N–H and O–H groups in total. The van der Waals surface area contributed by atoms with E-state index in [9.17, 15) is 9.59 Å². The van der Waals surface area contributed by atoms with Crippen LogP contribution in [0.4, 0.5) is 0 Å². The van der Waals surface area contributed by atoms with Crippen LogP contribution in [-0.4, -0.2) is 22.0 Å². The van der Waals surface area contributed by atoms with Crippen molar-refractivity contribution in [1.29, 1.82) is 0 Å². The number of carboxylic acid groups (broad SMARTS) is 1. The van der Waals surface area contributed by atoms with Gasteiger partial charge in [0.1, 0.15) is 33.7 Å². The molecule has 0 aliphatic carbocycles. The largest absolute Gasteiger partial charge is 0.481 e. The normalized spacial score (nSPS) is 14.0.